The number of aromatic nitrogens is 1. The van der Waals surface area contributed by atoms with Gasteiger partial charge in [0.1, 0.15) is 11.6 Å². The minimum Gasteiger partial charge on any atom is -0.443 e. The third kappa shape index (κ3) is 3.33. The summed E-state index contributed by atoms with van der Waals surface area (Å²) in [6.07, 6.45) is 5.55. The zero-order valence-corrected chi connectivity index (χ0v) is 20.5. The van der Waals surface area contributed by atoms with Crippen LogP contribution in [0, 0.1) is 11.3 Å². The maximum Gasteiger partial charge on any atom is 0.181 e. The van der Waals surface area contributed by atoms with Crippen LogP contribution >= 0.6 is 0 Å². The highest BCUT2D eigenvalue weighted by molar-refractivity contribution is 5.82. The Labute approximate surface area is 205 Å². The number of hydrogen-bond acceptors (Lipinski definition) is 7. The van der Waals surface area contributed by atoms with Gasteiger partial charge < -0.3 is 29.7 Å². The zero-order valence-electron chi connectivity index (χ0n) is 20.5. The van der Waals surface area contributed by atoms with Crippen molar-refractivity contribution in [2.45, 2.75) is 69.0 Å². The minimum atomic E-state index is -1.22. The van der Waals surface area contributed by atoms with Crippen LogP contribution in [-0.4, -0.2) is 74.4 Å². The number of nitrogens with zero attached hydrogens (tertiary/aromatic N) is 2. The van der Waals surface area contributed by atoms with E-state index in [4.69, 9.17) is 4.42 Å². The maximum atomic E-state index is 11.7. The Bertz CT molecular complexity index is 1280. The fraction of sp³-hybridized carbons (Fsp3) is 0.536. The van der Waals surface area contributed by atoms with Crippen LogP contribution in [-0.2, 0) is 0 Å². The topological polar surface area (TPSA) is 110 Å². The van der Waals surface area contributed by atoms with Crippen molar-refractivity contribution in [1.82, 2.24) is 9.88 Å². The number of fused-ring (bicyclic) bond motifs is 4. The summed E-state index contributed by atoms with van der Waals surface area (Å²) in [4.78, 5) is 6.09. The molecule has 4 N–H and O–H groups in total. The van der Waals surface area contributed by atoms with E-state index in [9.17, 15) is 20.4 Å². The van der Waals surface area contributed by atoms with E-state index in [2.05, 4.69) is 24.1 Å². The Hall–Kier alpha value is -2.29. The first-order valence-electron chi connectivity index (χ1n) is 12.5. The van der Waals surface area contributed by atoms with Crippen LogP contribution in [0.3, 0.4) is 0 Å². The number of allylic oxidation sites excluding steroid dienone is 3. The van der Waals surface area contributed by atoms with Gasteiger partial charge in [-0.3, -0.25) is 0 Å². The van der Waals surface area contributed by atoms with Gasteiger partial charge in [-0.25, -0.2) is 4.98 Å². The molecule has 1 heterocycles. The second-order valence-electron chi connectivity index (χ2n) is 11.4. The van der Waals surface area contributed by atoms with Gasteiger partial charge in [0.25, 0.3) is 0 Å². The molecular weight excluding hydrogens is 444 g/mol. The van der Waals surface area contributed by atoms with E-state index in [1.807, 2.05) is 37.2 Å². The van der Waals surface area contributed by atoms with Crippen LogP contribution in [0.25, 0.3) is 16.7 Å². The predicted molar refractivity (Wildman–Crippen MR) is 132 cm³/mol. The molecule has 2 unspecified atom stereocenters. The number of oxazole rings is 1. The van der Waals surface area contributed by atoms with Crippen molar-refractivity contribution in [1.29, 1.82) is 0 Å². The fourth-order valence-corrected chi connectivity index (χ4v) is 7.32. The standard InChI is InChI=1S/C28H34N2O5/c1-27-13-23(31)17-11-20-25(32)26(33)22(30(2)3)12-28(20,34)9-8-16(17)19(27)6-5-18(27)15-4-7-21-24(10-15)35-14-29-21/h4-5,7,10-11,14,19,22-23,25-26,31-34H,6,8-9,12-13H2,1-3H3/t19?,22-,23?,25+,26+,27+,28+/m0/s1. The van der Waals surface area contributed by atoms with Crippen molar-refractivity contribution < 1.29 is 24.8 Å². The van der Waals surface area contributed by atoms with Crippen LogP contribution in [0.2, 0.25) is 0 Å². The highest BCUT2D eigenvalue weighted by atomic mass is 16.3. The number of rotatable bonds is 2. The molecule has 0 aliphatic heterocycles. The SMILES string of the molecule is CN(C)[C@H]1C[C@]2(O)CCC3=C(C=C2[C@@H](O)[C@@H]1O)C(O)C[C@]1(C)C(c2ccc4ncoc4c2)=CCC31. The van der Waals surface area contributed by atoms with Gasteiger partial charge in [0.15, 0.2) is 12.0 Å². The fourth-order valence-electron chi connectivity index (χ4n) is 7.32. The first-order chi connectivity index (χ1) is 16.6. The third-order valence-corrected chi connectivity index (χ3v) is 9.25. The first kappa shape index (κ1) is 23.1. The van der Waals surface area contributed by atoms with E-state index < -0.39 is 23.9 Å². The Morgan fingerprint density at radius 3 is 2.71 bits per heavy atom. The van der Waals surface area contributed by atoms with Crippen LogP contribution < -0.4 is 0 Å². The second-order valence-corrected chi connectivity index (χ2v) is 11.4. The Morgan fingerprint density at radius 1 is 1.14 bits per heavy atom. The lowest BCUT2D eigenvalue weighted by atomic mass is 9.61. The second kappa shape index (κ2) is 7.85. The van der Waals surface area contributed by atoms with Crippen molar-refractivity contribution in [3.8, 4) is 0 Å². The molecule has 1 saturated carbocycles. The average molecular weight is 479 g/mol. The van der Waals surface area contributed by atoms with Crippen molar-refractivity contribution in [3.63, 3.8) is 0 Å². The van der Waals surface area contributed by atoms with Gasteiger partial charge in [-0.05, 0) is 86.5 Å². The number of aliphatic hydroxyl groups is 4. The molecule has 0 bridgehead atoms. The Balaban J connectivity index is 1.38. The van der Waals surface area contributed by atoms with Crippen molar-refractivity contribution in [3.05, 3.63) is 59.0 Å². The Morgan fingerprint density at radius 2 is 1.94 bits per heavy atom. The molecule has 0 radical (unpaired) electrons. The molecule has 1 aromatic carbocycles. The molecule has 0 spiro atoms. The zero-order chi connectivity index (χ0) is 24.7. The molecule has 4 aliphatic rings. The molecule has 35 heavy (non-hydrogen) atoms. The molecule has 0 amide bonds. The van der Waals surface area contributed by atoms with Gasteiger partial charge >= 0.3 is 0 Å². The van der Waals surface area contributed by atoms with Crippen molar-refractivity contribution >= 4 is 16.7 Å². The highest BCUT2D eigenvalue weighted by Crippen LogP contribution is 2.60. The summed E-state index contributed by atoms with van der Waals surface area (Å²) in [6.45, 7) is 2.23. The van der Waals surface area contributed by atoms with Crippen LogP contribution in [0.5, 0.6) is 0 Å². The lowest BCUT2D eigenvalue weighted by molar-refractivity contribution is -0.0922. The normalized spacial score (nSPS) is 39.1. The molecule has 7 heteroatoms. The van der Waals surface area contributed by atoms with E-state index in [0.717, 1.165) is 34.2 Å². The molecule has 6 rings (SSSR count). The van der Waals surface area contributed by atoms with Gasteiger partial charge in [-0.2, -0.15) is 0 Å². The predicted octanol–water partition coefficient (Wildman–Crippen LogP) is 2.81. The lowest BCUT2D eigenvalue weighted by Gasteiger charge is -2.46. The van der Waals surface area contributed by atoms with Crippen LogP contribution in [0.1, 0.15) is 44.6 Å². The molecular formula is C28H34N2O5. The first-order valence-corrected chi connectivity index (χ1v) is 12.5. The van der Waals surface area contributed by atoms with Gasteiger partial charge in [0.2, 0.25) is 0 Å². The molecule has 7 atom stereocenters. The summed E-state index contributed by atoms with van der Waals surface area (Å²) in [7, 11) is 3.71. The molecule has 1 aromatic heterocycles. The quantitative estimate of drug-likeness (QED) is 0.525. The number of hydrogen-bond donors (Lipinski definition) is 4. The highest BCUT2D eigenvalue weighted by Gasteiger charge is 2.53. The third-order valence-electron chi connectivity index (χ3n) is 9.25. The summed E-state index contributed by atoms with van der Waals surface area (Å²) in [5, 5.41) is 44.9. The largest absolute Gasteiger partial charge is 0.443 e. The van der Waals surface area contributed by atoms with E-state index in [-0.39, 0.29) is 17.4 Å². The van der Waals surface area contributed by atoms with Gasteiger partial charge in [-0.15, -0.1) is 0 Å². The van der Waals surface area contributed by atoms with Crippen molar-refractivity contribution in [2.24, 2.45) is 11.3 Å². The number of likely N-dealkylation sites (N-methyl/N-ethyl adjacent to an activating group) is 1. The maximum absolute atomic E-state index is 11.7. The van der Waals surface area contributed by atoms with Crippen molar-refractivity contribution in [2.75, 3.05) is 14.1 Å². The molecule has 1 fully saturated rings. The van der Waals surface area contributed by atoms with Gasteiger partial charge in [-0.1, -0.05) is 30.7 Å². The van der Waals surface area contributed by atoms with Crippen LogP contribution in [0.15, 0.2) is 57.9 Å². The smallest absolute Gasteiger partial charge is 0.181 e. The van der Waals surface area contributed by atoms with Gasteiger partial charge in [0, 0.05) is 11.5 Å². The monoisotopic (exact) mass is 478 g/mol. The summed E-state index contributed by atoms with van der Waals surface area (Å²) in [5.74, 6) is 0.202. The molecule has 4 aliphatic carbocycles. The summed E-state index contributed by atoms with van der Waals surface area (Å²) >= 11 is 0. The Kier molecular flexibility index (Phi) is 5.19. The van der Waals surface area contributed by atoms with E-state index in [1.165, 1.54) is 12.0 Å². The molecule has 7 nitrogen and oxygen atoms in total. The summed E-state index contributed by atoms with van der Waals surface area (Å²) < 4.78 is 5.54. The van der Waals surface area contributed by atoms with E-state index in [0.29, 0.717) is 31.3 Å². The molecule has 2 aromatic rings. The average Bonchev–Trinajstić information content (AvgIpc) is 3.37. The summed E-state index contributed by atoms with van der Waals surface area (Å²) in [6, 6.07) is 5.73. The van der Waals surface area contributed by atoms with E-state index >= 15 is 0 Å². The van der Waals surface area contributed by atoms with E-state index in [1.54, 1.807) is 0 Å². The molecule has 186 valence electrons. The molecule has 0 saturated heterocycles. The minimum absolute atomic E-state index is 0.202. The summed E-state index contributed by atoms with van der Waals surface area (Å²) in [5.41, 5.74) is 4.82. The van der Waals surface area contributed by atoms with Gasteiger partial charge in [0.05, 0.1) is 17.8 Å². The van der Waals surface area contributed by atoms with Crippen LogP contribution in [0.4, 0.5) is 0 Å². The number of aliphatic hydroxyl groups excluding tert-OH is 3. The lowest BCUT2D eigenvalue weighted by Crippen LogP contribution is -2.58. The number of benzene rings is 1.